The summed E-state index contributed by atoms with van der Waals surface area (Å²) < 4.78 is 7.30. The highest BCUT2D eigenvalue weighted by atomic mass is 16.5. The van der Waals surface area contributed by atoms with Crippen molar-refractivity contribution < 1.29 is 14.3 Å². The fourth-order valence-electron chi connectivity index (χ4n) is 5.01. The molecule has 35 heavy (non-hydrogen) atoms. The van der Waals surface area contributed by atoms with Gasteiger partial charge in [0.25, 0.3) is 5.91 Å². The van der Waals surface area contributed by atoms with Gasteiger partial charge >= 0.3 is 0 Å². The summed E-state index contributed by atoms with van der Waals surface area (Å²) in [5.74, 6) is 2.04. The summed E-state index contributed by atoms with van der Waals surface area (Å²) in [6, 6.07) is 13.5. The van der Waals surface area contributed by atoms with Gasteiger partial charge in [0, 0.05) is 51.9 Å². The van der Waals surface area contributed by atoms with Gasteiger partial charge in [-0.25, -0.2) is 4.98 Å². The summed E-state index contributed by atoms with van der Waals surface area (Å²) in [6.07, 6.45) is 2.58. The Morgan fingerprint density at radius 2 is 1.63 bits per heavy atom. The van der Waals surface area contributed by atoms with Gasteiger partial charge in [-0.05, 0) is 48.7 Å². The van der Waals surface area contributed by atoms with Crippen LogP contribution in [0.1, 0.15) is 34.6 Å². The summed E-state index contributed by atoms with van der Waals surface area (Å²) >= 11 is 0. The van der Waals surface area contributed by atoms with Crippen LogP contribution in [0.25, 0.3) is 11.0 Å². The average molecular weight is 476 g/mol. The van der Waals surface area contributed by atoms with Crippen LogP contribution in [-0.2, 0) is 24.8 Å². The van der Waals surface area contributed by atoms with Gasteiger partial charge in [0.05, 0.1) is 31.1 Å². The van der Waals surface area contributed by atoms with Crippen LogP contribution in [0, 0.1) is 0 Å². The van der Waals surface area contributed by atoms with Crippen molar-refractivity contribution in [2.45, 2.75) is 25.8 Å². The Morgan fingerprint density at radius 3 is 2.31 bits per heavy atom. The normalized spacial score (nSPS) is 16.7. The van der Waals surface area contributed by atoms with Crippen molar-refractivity contribution in [3.63, 3.8) is 0 Å². The Kier molecular flexibility index (Phi) is 6.72. The number of methoxy groups -OCH3 is 1. The lowest BCUT2D eigenvalue weighted by molar-refractivity contribution is -0.132. The van der Waals surface area contributed by atoms with Gasteiger partial charge in [0.2, 0.25) is 5.91 Å². The van der Waals surface area contributed by atoms with Gasteiger partial charge in [-0.3, -0.25) is 14.5 Å². The highest BCUT2D eigenvalue weighted by molar-refractivity contribution is 5.97. The summed E-state index contributed by atoms with van der Waals surface area (Å²) in [4.78, 5) is 36.6. The first-order valence-electron chi connectivity index (χ1n) is 12.4. The summed E-state index contributed by atoms with van der Waals surface area (Å²) in [6.45, 7) is 5.48. The molecule has 0 spiro atoms. The molecular weight excluding hydrogens is 442 g/mol. The van der Waals surface area contributed by atoms with Crippen LogP contribution in [0.15, 0.2) is 42.5 Å². The van der Waals surface area contributed by atoms with Gasteiger partial charge in [0.1, 0.15) is 11.6 Å². The fraction of sp³-hybridized carbons (Fsp3) is 0.444. The Balaban J connectivity index is 1.18. The highest BCUT2D eigenvalue weighted by Crippen LogP contribution is 2.21. The molecule has 0 bridgehead atoms. The van der Waals surface area contributed by atoms with Gasteiger partial charge in [-0.15, -0.1) is 0 Å². The van der Waals surface area contributed by atoms with Crippen molar-refractivity contribution in [2.75, 3.05) is 46.4 Å². The molecule has 8 nitrogen and oxygen atoms in total. The molecule has 0 unspecified atom stereocenters. The van der Waals surface area contributed by atoms with E-state index in [4.69, 9.17) is 9.72 Å². The number of carbonyl (C=O) groups is 2. The molecular formula is C27H33N5O3. The summed E-state index contributed by atoms with van der Waals surface area (Å²) in [5, 5.41) is 0. The quantitative estimate of drug-likeness (QED) is 0.548. The van der Waals surface area contributed by atoms with Gasteiger partial charge in [0.15, 0.2) is 0 Å². The lowest BCUT2D eigenvalue weighted by atomic mass is 10.1. The van der Waals surface area contributed by atoms with Crippen LogP contribution in [0.5, 0.6) is 5.75 Å². The fourth-order valence-corrected chi connectivity index (χ4v) is 5.01. The van der Waals surface area contributed by atoms with Crippen LogP contribution in [0.4, 0.5) is 0 Å². The van der Waals surface area contributed by atoms with Crippen LogP contribution in [0.3, 0.4) is 0 Å². The second-order valence-corrected chi connectivity index (χ2v) is 9.47. The first-order valence-corrected chi connectivity index (χ1v) is 12.4. The van der Waals surface area contributed by atoms with E-state index >= 15 is 0 Å². The second kappa shape index (κ2) is 10.1. The molecule has 0 saturated carbocycles. The van der Waals surface area contributed by atoms with E-state index in [1.54, 1.807) is 7.11 Å². The predicted molar refractivity (Wildman–Crippen MR) is 134 cm³/mol. The molecule has 2 amide bonds. The second-order valence-electron chi connectivity index (χ2n) is 9.47. The molecule has 2 aliphatic heterocycles. The smallest absolute Gasteiger partial charge is 0.253 e. The Morgan fingerprint density at radius 1 is 0.914 bits per heavy atom. The van der Waals surface area contributed by atoms with Crippen molar-refractivity contribution in [1.29, 1.82) is 0 Å². The number of imidazole rings is 1. The number of carbonyl (C=O) groups excluding carboxylic acids is 2. The number of aryl methyl sites for hydroxylation is 1. The molecule has 184 valence electrons. The first-order chi connectivity index (χ1) is 17.0. The number of hydrogen-bond acceptors (Lipinski definition) is 5. The lowest BCUT2D eigenvalue weighted by Crippen LogP contribution is -2.48. The minimum Gasteiger partial charge on any atom is -0.497 e. The van der Waals surface area contributed by atoms with Crippen molar-refractivity contribution in [2.24, 2.45) is 7.05 Å². The molecule has 5 rings (SSSR count). The molecule has 0 N–H and O–H groups in total. The third-order valence-corrected chi connectivity index (χ3v) is 7.22. The maximum atomic E-state index is 12.8. The van der Waals surface area contributed by atoms with Crippen LogP contribution >= 0.6 is 0 Å². The zero-order valence-electron chi connectivity index (χ0n) is 20.6. The molecule has 2 fully saturated rings. The molecule has 0 radical (unpaired) electrons. The maximum absolute atomic E-state index is 12.8. The Hall–Kier alpha value is -3.39. The molecule has 2 aliphatic rings. The van der Waals surface area contributed by atoms with Crippen molar-refractivity contribution >= 4 is 22.8 Å². The first kappa shape index (κ1) is 23.4. The minimum atomic E-state index is 0.104. The van der Waals surface area contributed by atoms with Crippen LogP contribution < -0.4 is 4.74 Å². The summed E-state index contributed by atoms with van der Waals surface area (Å²) in [5.41, 5.74) is 3.61. The number of amides is 2. The number of hydrogen-bond donors (Lipinski definition) is 0. The standard InChI is InChI=1S/C27H33N5O3/c1-29-24-10-7-21(27(34)32-11-3-4-12-32)18-23(24)28-25(29)19-30-13-15-31(16-14-30)26(33)17-20-5-8-22(35-2)9-6-20/h5-10,18H,3-4,11-17,19H2,1-2H3. The number of likely N-dealkylation sites (tertiary alicyclic amines) is 1. The van der Waals surface area contributed by atoms with Crippen molar-refractivity contribution in [1.82, 2.24) is 24.3 Å². The van der Waals surface area contributed by atoms with Crippen molar-refractivity contribution in [3.8, 4) is 5.75 Å². The Bertz CT molecular complexity index is 1210. The zero-order valence-corrected chi connectivity index (χ0v) is 20.6. The predicted octanol–water partition coefficient (Wildman–Crippen LogP) is 2.70. The van der Waals surface area contributed by atoms with E-state index in [9.17, 15) is 9.59 Å². The van der Waals surface area contributed by atoms with E-state index in [1.165, 1.54) is 0 Å². The molecule has 0 atom stereocenters. The van der Waals surface area contributed by atoms with E-state index in [0.29, 0.717) is 25.1 Å². The van der Waals surface area contributed by atoms with E-state index in [0.717, 1.165) is 73.7 Å². The molecule has 0 aliphatic carbocycles. The summed E-state index contributed by atoms with van der Waals surface area (Å²) in [7, 11) is 3.67. The number of benzene rings is 2. The van der Waals surface area contributed by atoms with E-state index in [2.05, 4.69) is 9.47 Å². The Labute approximate surface area is 206 Å². The molecule has 3 heterocycles. The topological polar surface area (TPSA) is 70.9 Å². The number of aromatic nitrogens is 2. The number of piperazine rings is 1. The van der Waals surface area contributed by atoms with Gasteiger partial charge < -0.3 is 19.1 Å². The molecule has 1 aromatic heterocycles. The van der Waals surface area contributed by atoms with Crippen LogP contribution in [-0.4, -0.2) is 82.4 Å². The van der Waals surface area contributed by atoms with E-state index in [1.807, 2.05) is 59.3 Å². The third kappa shape index (κ3) is 5.03. The molecule has 2 aromatic carbocycles. The molecule has 2 saturated heterocycles. The van der Waals surface area contributed by atoms with E-state index < -0.39 is 0 Å². The number of rotatable bonds is 6. The zero-order chi connectivity index (χ0) is 24.4. The van der Waals surface area contributed by atoms with Crippen molar-refractivity contribution in [3.05, 3.63) is 59.4 Å². The lowest BCUT2D eigenvalue weighted by Gasteiger charge is -2.34. The molecule has 8 heteroatoms. The monoisotopic (exact) mass is 475 g/mol. The van der Waals surface area contributed by atoms with Gasteiger partial charge in [-0.1, -0.05) is 12.1 Å². The highest BCUT2D eigenvalue weighted by Gasteiger charge is 2.24. The SMILES string of the molecule is COc1ccc(CC(=O)N2CCN(Cc3nc4cc(C(=O)N5CCCC5)ccc4n3C)CC2)cc1. The largest absolute Gasteiger partial charge is 0.497 e. The van der Waals surface area contributed by atoms with E-state index in [-0.39, 0.29) is 11.8 Å². The maximum Gasteiger partial charge on any atom is 0.253 e. The minimum absolute atomic E-state index is 0.104. The number of ether oxygens (including phenoxy) is 1. The average Bonchev–Trinajstić information content (AvgIpc) is 3.53. The number of fused-ring (bicyclic) bond motifs is 1. The molecule has 3 aromatic rings. The number of nitrogens with zero attached hydrogens (tertiary/aromatic N) is 5. The van der Waals surface area contributed by atoms with Crippen LogP contribution in [0.2, 0.25) is 0 Å². The van der Waals surface area contributed by atoms with Gasteiger partial charge in [-0.2, -0.15) is 0 Å². The third-order valence-electron chi connectivity index (χ3n) is 7.22.